The van der Waals surface area contributed by atoms with Crippen LogP contribution in [0.3, 0.4) is 0 Å². The van der Waals surface area contributed by atoms with Gasteiger partial charge in [-0.1, -0.05) is 30.3 Å². The Bertz CT molecular complexity index is 879. The number of hydrogen-bond acceptors (Lipinski definition) is 5. The van der Waals surface area contributed by atoms with E-state index in [9.17, 15) is 10.1 Å². The van der Waals surface area contributed by atoms with Crippen LogP contribution < -0.4 is 15.4 Å². The summed E-state index contributed by atoms with van der Waals surface area (Å²) in [5.74, 6) is 1.49. The summed E-state index contributed by atoms with van der Waals surface area (Å²) in [5.41, 5.74) is 1.91. The first-order chi connectivity index (χ1) is 15.1. The number of methoxy groups -OCH3 is 1. The van der Waals surface area contributed by atoms with E-state index in [4.69, 9.17) is 4.74 Å². The Morgan fingerprint density at radius 3 is 2.52 bits per heavy atom. The minimum Gasteiger partial charge on any atom is -0.497 e. The second-order valence-corrected chi connectivity index (χ2v) is 7.49. The molecule has 1 aliphatic rings. The number of rotatable bonds is 9. The van der Waals surface area contributed by atoms with E-state index in [2.05, 4.69) is 32.7 Å². The van der Waals surface area contributed by atoms with Crippen molar-refractivity contribution in [2.45, 2.75) is 32.4 Å². The van der Waals surface area contributed by atoms with E-state index in [1.807, 2.05) is 19.1 Å². The third-order valence-electron chi connectivity index (χ3n) is 5.48. The van der Waals surface area contributed by atoms with Gasteiger partial charge in [-0.2, -0.15) is 0 Å². The molecule has 8 heteroatoms. The molecule has 2 aromatic rings. The van der Waals surface area contributed by atoms with Gasteiger partial charge in [0.05, 0.1) is 30.2 Å². The molecule has 0 saturated carbocycles. The molecule has 1 fully saturated rings. The fraction of sp³-hybridized carbons (Fsp3) is 0.435. The Kier molecular flexibility index (Phi) is 8.23. The van der Waals surface area contributed by atoms with Gasteiger partial charge in [0.25, 0.3) is 5.69 Å². The fourth-order valence-corrected chi connectivity index (χ4v) is 3.86. The maximum Gasteiger partial charge on any atom is 0.274 e. The summed E-state index contributed by atoms with van der Waals surface area (Å²) in [4.78, 5) is 18.0. The third kappa shape index (κ3) is 6.18. The molecule has 1 aliphatic heterocycles. The highest BCUT2D eigenvalue weighted by atomic mass is 16.6. The van der Waals surface area contributed by atoms with Crippen LogP contribution in [0.25, 0.3) is 0 Å². The summed E-state index contributed by atoms with van der Waals surface area (Å²) >= 11 is 0. The smallest absolute Gasteiger partial charge is 0.274 e. The Morgan fingerprint density at radius 1 is 1.16 bits per heavy atom. The monoisotopic (exact) mass is 425 g/mol. The van der Waals surface area contributed by atoms with Gasteiger partial charge in [-0.3, -0.25) is 15.0 Å². The zero-order chi connectivity index (χ0) is 22.1. The number of benzene rings is 2. The van der Waals surface area contributed by atoms with Crippen LogP contribution in [0.2, 0.25) is 0 Å². The van der Waals surface area contributed by atoms with E-state index in [-0.39, 0.29) is 23.2 Å². The summed E-state index contributed by atoms with van der Waals surface area (Å²) in [7, 11) is 1.67. The Morgan fingerprint density at radius 2 is 1.87 bits per heavy atom. The lowest BCUT2D eigenvalue weighted by atomic mass is 10.1. The predicted octanol–water partition coefficient (Wildman–Crippen LogP) is 3.50. The van der Waals surface area contributed by atoms with Gasteiger partial charge < -0.3 is 15.4 Å². The quantitative estimate of drug-likeness (QED) is 0.277. The molecule has 166 valence electrons. The molecule has 1 heterocycles. The maximum absolute atomic E-state index is 11.3. The molecular formula is C23H31N5O3. The molecule has 0 aliphatic carbocycles. The molecule has 2 aromatic carbocycles. The highest BCUT2D eigenvalue weighted by molar-refractivity contribution is 5.79. The molecule has 1 atom stereocenters. The number of guanidine groups is 1. The number of para-hydroxylation sites is 1. The molecule has 1 unspecified atom stereocenters. The first kappa shape index (κ1) is 22.6. The van der Waals surface area contributed by atoms with Crippen LogP contribution in [-0.2, 0) is 6.54 Å². The van der Waals surface area contributed by atoms with Gasteiger partial charge in [0.1, 0.15) is 5.75 Å². The number of nitro benzene ring substituents is 1. The molecule has 2 N–H and O–H groups in total. The van der Waals surface area contributed by atoms with Crippen LogP contribution >= 0.6 is 0 Å². The van der Waals surface area contributed by atoms with Crippen molar-refractivity contribution in [2.75, 3.05) is 33.3 Å². The largest absolute Gasteiger partial charge is 0.497 e. The predicted molar refractivity (Wildman–Crippen MR) is 122 cm³/mol. The van der Waals surface area contributed by atoms with Crippen LogP contribution in [0.1, 0.15) is 36.9 Å². The van der Waals surface area contributed by atoms with Gasteiger partial charge in [-0.05, 0) is 50.6 Å². The zero-order valence-corrected chi connectivity index (χ0v) is 18.2. The Balaban J connectivity index is 1.73. The van der Waals surface area contributed by atoms with E-state index in [0.29, 0.717) is 24.6 Å². The Hall–Kier alpha value is -3.13. The normalized spacial score (nSPS) is 15.5. The molecule has 0 aromatic heterocycles. The summed E-state index contributed by atoms with van der Waals surface area (Å²) in [6.45, 7) is 5.78. The lowest BCUT2D eigenvalue weighted by Gasteiger charge is -2.29. The van der Waals surface area contributed by atoms with Gasteiger partial charge >= 0.3 is 0 Å². The van der Waals surface area contributed by atoms with Crippen molar-refractivity contribution in [2.24, 2.45) is 4.99 Å². The number of nitrogens with one attached hydrogen (secondary N) is 2. The first-order valence-electron chi connectivity index (χ1n) is 10.7. The molecule has 1 saturated heterocycles. The number of ether oxygens (including phenoxy) is 1. The van der Waals surface area contributed by atoms with E-state index in [0.717, 1.165) is 18.8 Å². The topological polar surface area (TPSA) is 92.0 Å². The second-order valence-electron chi connectivity index (χ2n) is 7.49. The molecule has 3 rings (SSSR count). The van der Waals surface area contributed by atoms with Gasteiger partial charge in [-0.25, -0.2) is 4.99 Å². The second kappa shape index (κ2) is 11.3. The van der Waals surface area contributed by atoms with Crippen LogP contribution in [0.5, 0.6) is 5.75 Å². The van der Waals surface area contributed by atoms with E-state index < -0.39 is 0 Å². The van der Waals surface area contributed by atoms with Crippen molar-refractivity contribution in [1.82, 2.24) is 15.5 Å². The number of likely N-dealkylation sites (tertiary alicyclic amines) is 1. The lowest BCUT2D eigenvalue weighted by Crippen LogP contribution is -2.42. The van der Waals surface area contributed by atoms with Gasteiger partial charge in [-0.15, -0.1) is 0 Å². The Labute approximate surface area is 183 Å². The minimum absolute atomic E-state index is 0.0928. The maximum atomic E-state index is 11.3. The number of hydrogen-bond donors (Lipinski definition) is 2. The van der Waals surface area contributed by atoms with Gasteiger partial charge in [0.2, 0.25) is 0 Å². The molecular weight excluding hydrogens is 394 g/mol. The zero-order valence-electron chi connectivity index (χ0n) is 18.2. The van der Waals surface area contributed by atoms with Crippen LogP contribution in [0.15, 0.2) is 53.5 Å². The minimum atomic E-state index is -0.363. The van der Waals surface area contributed by atoms with E-state index in [1.165, 1.54) is 24.5 Å². The lowest BCUT2D eigenvalue weighted by molar-refractivity contribution is -0.385. The molecule has 0 spiro atoms. The molecule has 31 heavy (non-hydrogen) atoms. The highest BCUT2D eigenvalue weighted by Gasteiger charge is 2.24. The SMILES string of the molecule is CCNC(=NCc1ccccc1[N+](=O)[O-])NCC(c1ccc(OC)cc1)N1CCCC1. The third-order valence-corrected chi connectivity index (χ3v) is 5.48. The molecule has 8 nitrogen and oxygen atoms in total. The molecule has 0 bridgehead atoms. The average Bonchev–Trinajstić information content (AvgIpc) is 3.32. The van der Waals surface area contributed by atoms with Gasteiger partial charge in [0, 0.05) is 19.2 Å². The van der Waals surface area contributed by atoms with Crippen LogP contribution in [0.4, 0.5) is 5.69 Å². The van der Waals surface area contributed by atoms with Crippen molar-refractivity contribution in [1.29, 1.82) is 0 Å². The van der Waals surface area contributed by atoms with Crippen LogP contribution in [0, 0.1) is 10.1 Å². The summed E-state index contributed by atoms with van der Waals surface area (Å²) in [6.07, 6.45) is 2.41. The summed E-state index contributed by atoms with van der Waals surface area (Å²) in [5, 5.41) is 18.0. The summed E-state index contributed by atoms with van der Waals surface area (Å²) < 4.78 is 5.30. The highest BCUT2D eigenvalue weighted by Crippen LogP contribution is 2.26. The summed E-state index contributed by atoms with van der Waals surface area (Å²) in [6, 6.07) is 15.1. The average molecular weight is 426 g/mol. The van der Waals surface area contributed by atoms with Crippen molar-refractivity contribution in [3.05, 3.63) is 69.8 Å². The standard InChI is InChI=1S/C23H31N5O3/c1-3-24-23(25-16-19-8-4-5-9-21(19)28(29)30)26-17-22(27-14-6-7-15-27)18-10-12-20(31-2)13-11-18/h4-5,8-13,22H,3,6-7,14-17H2,1-2H3,(H2,24,25,26). The van der Waals surface area contributed by atoms with Crippen molar-refractivity contribution >= 4 is 11.6 Å². The van der Waals surface area contributed by atoms with Crippen molar-refractivity contribution in [3.8, 4) is 5.75 Å². The molecule has 0 radical (unpaired) electrons. The molecule has 0 amide bonds. The fourth-order valence-electron chi connectivity index (χ4n) is 3.86. The van der Waals surface area contributed by atoms with Crippen molar-refractivity contribution in [3.63, 3.8) is 0 Å². The van der Waals surface area contributed by atoms with Crippen LogP contribution in [-0.4, -0.2) is 49.1 Å². The van der Waals surface area contributed by atoms with E-state index >= 15 is 0 Å². The number of nitrogens with zero attached hydrogens (tertiary/aromatic N) is 3. The number of aliphatic imine (C=N–C) groups is 1. The van der Waals surface area contributed by atoms with Crippen molar-refractivity contribution < 1.29 is 9.66 Å². The number of nitro groups is 1. The van der Waals surface area contributed by atoms with Gasteiger partial charge in [0.15, 0.2) is 5.96 Å². The van der Waals surface area contributed by atoms with E-state index in [1.54, 1.807) is 25.3 Å². The first-order valence-corrected chi connectivity index (χ1v) is 10.7.